The lowest BCUT2D eigenvalue weighted by Gasteiger charge is -2.37. The van der Waals surface area contributed by atoms with Gasteiger partial charge in [-0.2, -0.15) is 0 Å². The summed E-state index contributed by atoms with van der Waals surface area (Å²) in [5, 5.41) is 27.7. The summed E-state index contributed by atoms with van der Waals surface area (Å²) >= 11 is 0. The third-order valence-corrected chi connectivity index (χ3v) is 2.17. The fourth-order valence-electron chi connectivity index (χ4n) is 1.18. The average Bonchev–Trinajstić information content (AvgIpc) is 1.97. The van der Waals surface area contributed by atoms with E-state index in [4.69, 9.17) is 9.84 Å². The number of hydrogen-bond acceptors (Lipinski definition) is 4. The molecule has 66 valence electrons. The van der Waals surface area contributed by atoms with Gasteiger partial charge in [0.2, 0.25) is 0 Å². The molecule has 0 aromatic rings. The molecule has 1 aliphatic rings. The van der Waals surface area contributed by atoms with Crippen LogP contribution in [0.2, 0.25) is 0 Å². The molecule has 11 heavy (non-hydrogen) atoms. The fourth-order valence-corrected chi connectivity index (χ4v) is 1.18. The van der Waals surface area contributed by atoms with Crippen LogP contribution in [0.1, 0.15) is 13.8 Å². The van der Waals surface area contributed by atoms with E-state index in [0.29, 0.717) is 0 Å². The molecule has 0 aliphatic carbocycles. The van der Waals surface area contributed by atoms with Crippen LogP contribution in [0.4, 0.5) is 0 Å². The van der Waals surface area contributed by atoms with Crippen molar-refractivity contribution >= 4 is 0 Å². The summed E-state index contributed by atoms with van der Waals surface area (Å²) in [5.74, 6) is -0.429. The predicted molar refractivity (Wildman–Crippen MR) is 37.7 cm³/mol. The normalized spacial score (nSPS) is 52.6. The van der Waals surface area contributed by atoms with Crippen molar-refractivity contribution in [3.05, 3.63) is 0 Å². The molecule has 0 bridgehead atoms. The Hall–Kier alpha value is -0.160. The van der Waals surface area contributed by atoms with Crippen LogP contribution < -0.4 is 0 Å². The third kappa shape index (κ3) is 1.54. The number of aliphatic hydroxyl groups excluding tert-OH is 3. The summed E-state index contributed by atoms with van der Waals surface area (Å²) in [6.45, 7) is 3.24. The van der Waals surface area contributed by atoms with Crippen LogP contribution >= 0.6 is 0 Å². The Bertz CT molecular complexity index is 124. The third-order valence-electron chi connectivity index (χ3n) is 2.17. The lowest BCUT2D eigenvalue weighted by Crippen LogP contribution is -2.52. The van der Waals surface area contributed by atoms with Crippen molar-refractivity contribution in [1.29, 1.82) is 0 Å². The number of ether oxygens (including phenoxy) is 1. The summed E-state index contributed by atoms with van der Waals surface area (Å²) in [5.41, 5.74) is 0. The average molecular weight is 162 g/mol. The van der Waals surface area contributed by atoms with Gasteiger partial charge >= 0.3 is 0 Å². The highest BCUT2D eigenvalue weighted by Crippen LogP contribution is 2.23. The molecule has 1 unspecified atom stereocenters. The zero-order valence-corrected chi connectivity index (χ0v) is 6.64. The van der Waals surface area contributed by atoms with Crippen molar-refractivity contribution in [2.24, 2.45) is 5.92 Å². The Labute approximate surface area is 65.4 Å². The van der Waals surface area contributed by atoms with Gasteiger partial charge in [-0.15, -0.1) is 0 Å². The zero-order chi connectivity index (χ0) is 8.59. The van der Waals surface area contributed by atoms with Crippen molar-refractivity contribution in [2.75, 3.05) is 0 Å². The van der Waals surface area contributed by atoms with E-state index in [1.165, 1.54) is 0 Å². The van der Waals surface area contributed by atoms with Gasteiger partial charge in [0, 0.05) is 5.92 Å². The number of hydrogen-bond donors (Lipinski definition) is 3. The second-order valence-corrected chi connectivity index (χ2v) is 3.07. The molecule has 1 heterocycles. The van der Waals surface area contributed by atoms with E-state index in [2.05, 4.69) is 0 Å². The molecule has 1 aliphatic heterocycles. The topological polar surface area (TPSA) is 69.9 Å². The van der Waals surface area contributed by atoms with Gasteiger partial charge in [0.15, 0.2) is 6.29 Å². The molecular weight excluding hydrogens is 148 g/mol. The first kappa shape index (κ1) is 8.93. The molecule has 0 spiro atoms. The maximum absolute atomic E-state index is 9.30. The van der Waals surface area contributed by atoms with E-state index in [9.17, 15) is 10.2 Å². The lowest BCUT2D eigenvalue weighted by molar-refractivity contribution is -0.255. The molecule has 1 fully saturated rings. The summed E-state index contributed by atoms with van der Waals surface area (Å²) in [7, 11) is 0. The quantitative estimate of drug-likeness (QED) is 0.431. The van der Waals surface area contributed by atoms with Crippen molar-refractivity contribution in [2.45, 2.75) is 38.4 Å². The van der Waals surface area contributed by atoms with Gasteiger partial charge in [-0.3, -0.25) is 0 Å². The molecule has 3 N–H and O–H groups in total. The second-order valence-electron chi connectivity index (χ2n) is 3.07. The van der Waals surface area contributed by atoms with Crippen LogP contribution in [0.25, 0.3) is 0 Å². The summed E-state index contributed by atoms with van der Waals surface area (Å²) in [6, 6.07) is 0. The molecule has 1 saturated heterocycles. The molecule has 1 rings (SSSR count). The first-order chi connectivity index (χ1) is 5.04. The fraction of sp³-hybridized carbons (Fsp3) is 1.00. The van der Waals surface area contributed by atoms with Crippen molar-refractivity contribution in [3.63, 3.8) is 0 Å². The van der Waals surface area contributed by atoms with Gasteiger partial charge in [-0.1, -0.05) is 6.92 Å². The Kier molecular flexibility index (Phi) is 2.49. The predicted octanol–water partition coefficient (Wildman–Crippen LogP) is -0.919. The molecule has 0 amide bonds. The molecule has 0 aromatic carbocycles. The minimum absolute atomic E-state index is 0.429. The van der Waals surface area contributed by atoms with Crippen molar-refractivity contribution in [1.82, 2.24) is 0 Å². The van der Waals surface area contributed by atoms with E-state index < -0.39 is 30.5 Å². The second kappa shape index (κ2) is 3.06. The summed E-state index contributed by atoms with van der Waals surface area (Å²) in [4.78, 5) is 0. The first-order valence-electron chi connectivity index (χ1n) is 3.73. The van der Waals surface area contributed by atoms with Crippen LogP contribution in [0, 0.1) is 5.92 Å². The van der Waals surface area contributed by atoms with Crippen LogP contribution in [0.3, 0.4) is 0 Å². The van der Waals surface area contributed by atoms with Gasteiger partial charge in [0.25, 0.3) is 0 Å². The molecule has 0 aromatic heterocycles. The molecule has 4 nitrogen and oxygen atoms in total. The zero-order valence-electron chi connectivity index (χ0n) is 6.64. The van der Waals surface area contributed by atoms with E-state index in [1.54, 1.807) is 13.8 Å². The largest absolute Gasteiger partial charge is 0.390 e. The lowest BCUT2D eigenvalue weighted by atomic mass is 9.93. The van der Waals surface area contributed by atoms with Gasteiger partial charge < -0.3 is 20.1 Å². The Morgan fingerprint density at radius 3 is 2.09 bits per heavy atom. The van der Waals surface area contributed by atoms with Crippen LogP contribution in [-0.2, 0) is 4.74 Å². The summed E-state index contributed by atoms with van der Waals surface area (Å²) in [6.07, 6.45) is -3.26. The highest BCUT2D eigenvalue weighted by Gasteiger charge is 2.38. The van der Waals surface area contributed by atoms with Crippen LogP contribution in [0.5, 0.6) is 0 Å². The first-order valence-corrected chi connectivity index (χ1v) is 3.73. The Morgan fingerprint density at radius 1 is 1.00 bits per heavy atom. The summed E-state index contributed by atoms with van der Waals surface area (Å²) < 4.78 is 4.93. The molecule has 4 heteroatoms. The maximum Gasteiger partial charge on any atom is 0.160 e. The van der Waals surface area contributed by atoms with Gasteiger partial charge in [-0.25, -0.2) is 0 Å². The molecular formula is C7H14O4. The smallest absolute Gasteiger partial charge is 0.160 e. The van der Waals surface area contributed by atoms with E-state index in [0.717, 1.165) is 0 Å². The van der Waals surface area contributed by atoms with Gasteiger partial charge in [0.1, 0.15) is 6.10 Å². The Morgan fingerprint density at radius 2 is 1.55 bits per heavy atom. The van der Waals surface area contributed by atoms with E-state index in [-0.39, 0.29) is 0 Å². The maximum atomic E-state index is 9.30. The van der Waals surface area contributed by atoms with Crippen molar-refractivity contribution in [3.8, 4) is 0 Å². The van der Waals surface area contributed by atoms with Crippen molar-refractivity contribution < 1.29 is 20.1 Å². The van der Waals surface area contributed by atoms with Crippen LogP contribution in [0.15, 0.2) is 0 Å². The highest BCUT2D eigenvalue weighted by molar-refractivity contribution is 4.84. The number of rotatable bonds is 0. The van der Waals surface area contributed by atoms with Gasteiger partial charge in [-0.05, 0) is 6.92 Å². The van der Waals surface area contributed by atoms with E-state index >= 15 is 0 Å². The highest BCUT2D eigenvalue weighted by atomic mass is 16.6. The Balaban J connectivity index is 2.63. The molecule has 5 atom stereocenters. The molecule has 0 saturated carbocycles. The minimum Gasteiger partial charge on any atom is -0.390 e. The van der Waals surface area contributed by atoms with Gasteiger partial charge in [0.05, 0.1) is 12.2 Å². The standard InChI is InChI=1S/C7H14O4/c1-3-5(8)6(9)4(2)11-7(3)10/h3-10H,1-2H3/t3-,4-,5-,6+,7?/m0/s1. The number of aliphatic hydroxyl groups is 3. The van der Waals surface area contributed by atoms with Crippen LogP contribution in [-0.4, -0.2) is 39.9 Å². The monoisotopic (exact) mass is 162 g/mol. The van der Waals surface area contributed by atoms with E-state index in [1.807, 2.05) is 0 Å². The minimum atomic E-state index is -0.969. The molecule has 0 radical (unpaired) electrons. The SMILES string of the molecule is C[C@@H]1OC(O)[C@@H](C)[C@H](O)[C@@H]1O.